The fourth-order valence-electron chi connectivity index (χ4n) is 12.4. The Kier molecular flexibility index (Phi) is 5.85. The Morgan fingerprint density at radius 2 is 1.20 bits per heavy atom. The highest BCUT2D eigenvalue weighted by Crippen LogP contribution is 2.70. The lowest BCUT2D eigenvalue weighted by Crippen LogP contribution is -2.55. The van der Waals surface area contributed by atoms with Crippen molar-refractivity contribution in [3.05, 3.63) is 125 Å². The third-order valence-corrected chi connectivity index (χ3v) is 14.5. The maximum atomic E-state index is 6.54. The maximum absolute atomic E-state index is 6.54. The lowest BCUT2D eigenvalue weighted by molar-refractivity contribution is -0.0399. The number of rotatable bonds is 3. The van der Waals surface area contributed by atoms with Gasteiger partial charge in [-0.3, -0.25) is 0 Å². The van der Waals surface area contributed by atoms with E-state index in [1.807, 2.05) is 0 Å². The molecule has 0 amide bonds. The van der Waals surface area contributed by atoms with Crippen LogP contribution in [0.25, 0.3) is 33.1 Å². The number of fused-ring (bicyclic) bond motifs is 7. The van der Waals surface area contributed by atoms with Crippen molar-refractivity contribution in [1.29, 1.82) is 0 Å². The molecule has 6 aromatic rings. The largest absolute Gasteiger partial charge is 0.456 e. The van der Waals surface area contributed by atoms with Crippen LogP contribution >= 0.6 is 0 Å². The number of nitrogens with zero attached hydrogens (tertiary/aromatic N) is 1. The van der Waals surface area contributed by atoms with E-state index in [1.165, 1.54) is 95.0 Å². The summed E-state index contributed by atoms with van der Waals surface area (Å²) in [6, 6.07) is 39.6. The molecule has 0 atom stereocenters. The number of anilines is 3. The molecule has 0 N–H and O–H groups in total. The summed E-state index contributed by atoms with van der Waals surface area (Å²) in [5.74, 6) is 3.32. The van der Waals surface area contributed by atoms with Crippen molar-refractivity contribution >= 4 is 39.0 Å². The summed E-state index contributed by atoms with van der Waals surface area (Å²) >= 11 is 0. The van der Waals surface area contributed by atoms with E-state index in [0.717, 1.165) is 34.8 Å². The second kappa shape index (κ2) is 9.93. The van der Waals surface area contributed by atoms with Crippen molar-refractivity contribution < 1.29 is 4.42 Å². The van der Waals surface area contributed by atoms with Gasteiger partial charge in [-0.15, -0.1) is 0 Å². The quantitative estimate of drug-likeness (QED) is 0.189. The van der Waals surface area contributed by atoms with Crippen LogP contribution in [0.1, 0.15) is 94.9 Å². The molecule has 0 radical (unpaired) electrons. The monoisotopic (exact) mass is 653 g/mol. The molecule has 1 heterocycles. The van der Waals surface area contributed by atoms with E-state index in [2.05, 4.69) is 136 Å². The van der Waals surface area contributed by atoms with Gasteiger partial charge in [0.15, 0.2) is 0 Å². The number of para-hydroxylation sites is 1. The molecule has 2 heteroatoms. The van der Waals surface area contributed by atoms with Gasteiger partial charge in [0.05, 0.1) is 16.8 Å². The summed E-state index contributed by atoms with van der Waals surface area (Å²) in [6.07, 6.45) is 9.45. The highest BCUT2D eigenvalue weighted by atomic mass is 16.3. The van der Waals surface area contributed by atoms with Crippen molar-refractivity contribution in [3.63, 3.8) is 0 Å². The van der Waals surface area contributed by atoms with Crippen LogP contribution in [0.15, 0.2) is 108 Å². The Balaban J connectivity index is 1.22. The van der Waals surface area contributed by atoms with Gasteiger partial charge >= 0.3 is 0 Å². The average Bonchev–Trinajstić information content (AvgIpc) is 3.64. The summed E-state index contributed by atoms with van der Waals surface area (Å²) in [6.45, 7) is 9.77. The van der Waals surface area contributed by atoms with E-state index in [4.69, 9.17) is 4.42 Å². The highest BCUT2D eigenvalue weighted by Gasteiger charge is 2.62. The van der Waals surface area contributed by atoms with E-state index < -0.39 is 0 Å². The lowest BCUT2D eigenvalue weighted by Gasteiger charge is -2.61. The van der Waals surface area contributed by atoms with E-state index in [0.29, 0.717) is 0 Å². The van der Waals surface area contributed by atoms with Crippen molar-refractivity contribution in [2.45, 2.75) is 88.9 Å². The van der Waals surface area contributed by atoms with E-state index in [9.17, 15) is 0 Å². The van der Waals surface area contributed by atoms with Gasteiger partial charge in [0.1, 0.15) is 11.2 Å². The topological polar surface area (TPSA) is 16.4 Å². The molecule has 1 aromatic heterocycles. The molecule has 4 fully saturated rings. The Labute approximate surface area is 296 Å². The van der Waals surface area contributed by atoms with Crippen molar-refractivity contribution in [1.82, 2.24) is 0 Å². The zero-order valence-electron chi connectivity index (χ0n) is 29.9. The summed E-state index contributed by atoms with van der Waals surface area (Å²) in [5.41, 5.74) is 15.1. The molecule has 0 aliphatic heterocycles. The number of hydrogen-bond acceptors (Lipinski definition) is 2. The fraction of sp³-hybridized carbons (Fsp3) is 0.375. The van der Waals surface area contributed by atoms with Crippen LogP contribution in [0.3, 0.4) is 0 Å². The van der Waals surface area contributed by atoms with Gasteiger partial charge in [-0.05, 0) is 144 Å². The van der Waals surface area contributed by atoms with Gasteiger partial charge in [0.2, 0.25) is 0 Å². The predicted molar refractivity (Wildman–Crippen MR) is 207 cm³/mol. The van der Waals surface area contributed by atoms with Crippen LogP contribution < -0.4 is 4.90 Å². The first-order valence-electron chi connectivity index (χ1n) is 19.3. The van der Waals surface area contributed by atoms with Crippen molar-refractivity contribution in [3.8, 4) is 11.1 Å². The minimum absolute atomic E-state index is 0.108. The second-order valence-corrected chi connectivity index (χ2v) is 18.0. The first kappa shape index (κ1) is 29.4. The van der Waals surface area contributed by atoms with E-state index in [-0.39, 0.29) is 16.2 Å². The van der Waals surface area contributed by atoms with Crippen LogP contribution in [0, 0.1) is 23.7 Å². The van der Waals surface area contributed by atoms with Crippen LogP contribution in [0.2, 0.25) is 0 Å². The van der Waals surface area contributed by atoms with Gasteiger partial charge in [-0.25, -0.2) is 0 Å². The van der Waals surface area contributed by atoms with Crippen LogP contribution in [-0.4, -0.2) is 0 Å². The smallest absolute Gasteiger partial charge is 0.137 e. The first-order valence-corrected chi connectivity index (χ1v) is 19.3. The van der Waals surface area contributed by atoms with Gasteiger partial charge in [0, 0.05) is 22.1 Å². The molecule has 5 aromatic carbocycles. The fourth-order valence-corrected chi connectivity index (χ4v) is 12.4. The van der Waals surface area contributed by atoms with Gasteiger partial charge in [-0.1, -0.05) is 94.4 Å². The van der Waals surface area contributed by atoms with Crippen molar-refractivity contribution in [2.24, 2.45) is 23.7 Å². The minimum atomic E-state index is 0.108. The number of furan rings is 1. The molecule has 250 valence electrons. The van der Waals surface area contributed by atoms with Crippen LogP contribution in [0.5, 0.6) is 0 Å². The molecule has 2 nitrogen and oxygen atoms in total. The first-order chi connectivity index (χ1) is 24.2. The molecule has 1 spiro atoms. The number of hydrogen-bond donors (Lipinski definition) is 0. The molecule has 4 saturated carbocycles. The standard InChI is InChI=1S/C48H47NO/c1-46(2)21-22-47(3,4)39-28-33(19-20-37(39)46)49(41-16-10-18-43-45(41)35-12-6-8-17-42(35)50-43)40-15-9-14-38-44(40)34-11-5-7-13-36(34)48(38)31-24-29-23-30(26-31)27-32(48)25-29/h5-20,28-32H,21-27H2,1-4H3. The minimum Gasteiger partial charge on any atom is -0.456 e. The summed E-state index contributed by atoms with van der Waals surface area (Å²) in [4.78, 5) is 2.62. The Morgan fingerprint density at radius 1 is 0.560 bits per heavy atom. The molecular formula is C48H47NO. The molecule has 6 aliphatic rings. The predicted octanol–water partition coefficient (Wildman–Crippen LogP) is 13.1. The van der Waals surface area contributed by atoms with E-state index in [1.54, 1.807) is 11.1 Å². The third-order valence-electron chi connectivity index (χ3n) is 14.5. The van der Waals surface area contributed by atoms with Crippen LogP contribution in [-0.2, 0) is 16.2 Å². The molecule has 0 unspecified atom stereocenters. The van der Waals surface area contributed by atoms with Gasteiger partial charge in [-0.2, -0.15) is 0 Å². The second-order valence-electron chi connectivity index (χ2n) is 18.0. The Bertz CT molecular complexity index is 2340. The third kappa shape index (κ3) is 3.75. The summed E-state index contributed by atoms with van der Waals surface area (Å²) < 4.78 is 6.54. The highest BCUT2D eigenvalue weighted by molar-refractivity contribution is 6.14. The molecule has 6 aliphatic carbocycles. The summed E-state index contributed by atoms with van der Waals surface area (Å²) in [7, 11) is 0. The lowest BCUT2D eigenvalue weighted by atomic mass is 9.43. The number of benzene rings is 5. The Hall–Kier alpha value is -4.30. The maximum Gasteiger partial charge on any atom is 0.137 e. The van der Waals surface area contributed by atoms with Crippen LogP contribution in [0.4, 0.5) is 17.1 Å². The zero-order chi connectivity index (χ0) is 33.6. The van der Waals surface area contributed by atoms with Gasteiger partial charge < -0.3 is 9.32 Å². The SMILES string of the molecule is CC1(C)CCC(C)(C)c2cc(N(c3cccc4c3-c3ccccc3C43C4CC5CC(C4)CC3C5)c3cccc4oc5ccccc5c34)ccc21. The molecule has 12 rings (SSSR count). The summed E-state index contributed by atoms with van der Waals surface area (Å²) in [5, 5.41) is 2.36. The molecule has 50 heavy (non-hydrogen) atoms. The van der Waals surface area contributed by atoms with Gasteiger partial charge in [0.25, 0.3) is 0 Å². The Morgan fingerprint density at radius 3 is 2.00 bits per heavy atom. The zero-order valence-corrected chi connectivity index (χ0v) is 29.9. The molecule has 0 saturated heterocycles. The molecule has 4 bridgehead atoms. The molecular weight excluding hydrogens is 607 g/mol. The average molecular weight is 654 g/mol. The van der Waals surface area contributed by atoms with Crippen molar-refractivity contribution in [2.75, 3.05) is 4.90 Å². The normalized spacial score (nSPS) is 27.8. The van der Waals surface area contributed by atoms with E-state index >= 15 is 0 Å².